The highest BCUT2D eigenvalue weighted by atomic mass is 16.5. The summed E-state index contributed by atoms with van der Waals surface area (Å²) >= 11 is 0. The van der Waals surface area contributed by atoms with E-state index in [-0.39, 0.29) is 18.1 Å². The molecule has 0 aliphatic carbocycles. The van der Waals surface area contributed by atoms with Crippen molar-refractivity contribution in [3.05, 3.63) is 53.5 Å². The van der Waals surface area contributed by atoms with E-state index in [0.29, 0.717) is 5.69 Å². The molecular formula is C15H15NO4. The molecule has 1 aromatic carbocycles. The highest BCUT2D eigenvalue weighted by Crippen LogP contribution is 2.14. The molecule has 1 N–H and O–H groups in total. The molecule has 1 amide bonds. The van der Waals surface area contributed by atoms with Crippen LogP contribution < -0.4 is 5.32 Å². The third kappa shape index (κ3) is 3.47. The summed E-state index contributed by atoms with van der Waals surface area (Å²) in [6.07, 6.45) is 2.63. The highest BCUT2D eigenvalue weighted by Gasteiger charge is 2.11. The van der Waals surface area contributed by atoms with E-state index in [9.17, 15) is 9.59 Å². The van der Waals surface area contributed by atoms with Crippen molar-refractivity contribution in [3.8, 4) is 0 Å². The molecule has 0 aliphatic heterocycles. The lowest BCUT2D eigenvalue weighted by molar-refractivity contribution is -0.119. The first-order valence-electron chi connectivity index (χ1n) is 6.12. The third-order valence-electron chi connectivity index (χ3n) is 2.88. The van der Waals surface area contributed by atoms with Gasteiger partial charge < -0.3 is 14.5 Å². The zero-order chi connectivity index (χ0) is 14.5. The van der Waals surface area contributed by atoms with E-state index in [2.05, 4.69) is 5.32 Å². The van der Waals surface area contributed by atoms with E-state index in [1.54, 1.807) is 6.07 Å². The van der Waals surface area contributed by atoms with Crippen LogP contribution in [0.3, 0.4) is 0 Å². The molecule has 1 heterocycles. The van der Waals surface area contributed by atoms with E-state index in [1.165, 1.54) is 18.6 Å². The summed E-state index contributed by atoms with van der Waals surface area (Å²) in [6.45, 7) is 3.62. The van der Waals surface area contributed by atoms with E-state index in [0.717, 1.165) is 11.1 Å². The summed E-state index contributed by atoms with van der Waals surface area (Å²) in [4.78, 5) is 23.2. The molecule has 0 saturated carbocycles. The molecule has 2 rings (SSSR count). The van der Waals surface area contributed by atoms with Crippen molar-refractivity contribution in [1.82, 2.24) is 0 Å². The van der Waals surface area contributed by atoms with E-state index >= 15 is 0 Å². The van der Waals surface area contributed by atoms with E-state index < -0.39 is 5.97 Å². The zero-order valence-electron chi connectivity index (χ0n) is 11.3. The Morgan fingerprint density at radius 1 is 1.20 bits per heavy atom. The summed E-state index contributed by atoms with van der Waals surface area (Å²) in [6, 6.07) is 7.06. The Kier molecular flexibility index (Phi) is 4.20. The molecule has 0 aliphatic rings. The van der Waals surface area contributed by atoms with Crippen LogP contribution in [0.5, 0.6) is 0 Å². The topological polar surface area (TPSA) is 68.5 Å². The average Bonchev–Trinajstić information content (AvgIpc) is 2.94. The molecular weight excluding hydrogens is 258 g/mol. The predicted molar refractivity (Wildman–Crippen MR) is 73.5 cm³/mol. The van der Waals surface area contributed by atoms with Crippen LogP contribution in [0.4, 0.5) is 5.69 Å². The fraction of sp³-hybridized carbons (Fsp3) is 0.200. The van der Waals surface area contributed by atoms with Gasteiger partial charge >= 0.3 is 5.97 Å². The number of rotatable bonds is 4. The molecule has 0 saturated heterocycles. The molecule has 0 spiro atoms. The maximum atomic E-state index is 11.7. The lowest BCUT2D eigenvalue weighted by Gasteiger charge is -2.08. The van der Waals surface area contributed by atoms with Crippen molar-refractivity contribution in [2.24, 2.45) is 0 Å². The highest BCUT2D eigenvalue weighted by molar-refractivity contribution is 5.95. The standard InChI is InChI=1S/C15H15NO4/c1-10-3-4-13(7-11(10)2)16-14(17)9-20-15(18)12-5-6-19-8-12/h3-8H,9H2,1-2H3,(H,16,17). The van der Waals surface area contributed by atoms with Gasteiger partial charge in [-0.3, -0.25) is 4.79 Å². The van der Waals surface area contributed by atoms with Gasteiger partial charge in [-0.2, -0.15) is 0 Å². The molecule has 104 valence electrons. The van der Waals surface area contributed by atoms with Crippen molar-refractivity contribution in [2.75, 3.05) is 11.9 Å². The van der Waals surface area contributed by atoms with Crippen LogP contribution in [-0.2, 0) is 9.53 Å². The van der Waals surface area contributed by atoms with Gasteiger partial charge in [0.1, 0.15) is 6.26 Å². The van der Waals surface area contributed by atoms with Crippen LogP contribution in [0.2, 0.25) is 0 Å². The monoisotopic (exact) mass is 273 g/mol. The van der Waals surface area contributed by atoms with E-state index in [1.807, 2.05) is 26.0 Å². The molecule has 0 bridgehead atoms. The molecule has 0 fully saturated rings. The van der Waals surface area contributed by atoms with Gasteiger partial charge in [0.2, 0.25) is 0 Å². The number of aryl methyl sites for hydroxylation is 2. The fourth-order valence-electron chi connectivity index (χ4n) is 1.61. The van der Waals surface area contributed by atoms with Crippen LogP contribution in [0.1, 0.15) is 21.5 Å². The summed E-state index contributed by atoms with van der Waals surface area (Å²) in [7, 11) is 0. The number of hydrogen-bond acceptors (Lipinski definition) is 4. The number of ether oxygens (including phenoxy) is 1. The number of carbonyl (C=O) groups is 2. The van der Waals surface area contributed by atoms with Gasteiger partial charge in [0.25, 0.3) is 5.91 Å². The summed E-state index contributed by atoms with van der Waals surface area (Å²) < 4.78 is 9.62. The number of carbonyl (C=O) groups excluding carboxylic acids is 2. The quantitative estimate of drug-likeness (QED) is 0.870. The van der Waals surface area contributed by atoms with Crippen LogP contribution >= 0.6 is 0 Å². The maximum Gasteiger partial charge on any atom is 0.341 e. The lowest BCUT2D eigenvalue weighted by Crippen LogP contribution is -2.20. The summed E-state index contributed by atoms with van der Waals surface area (Å²) in [5.74, 6) is -0.973. The second kappa shape index (κ2) is 6.06. The van der Waals surface area contributed by atoms with Crippen molar-refractivity contribution >= 4 is 17.6 Å². The van der Waals surface area contributed by atoms with E-state index in [4.69, 9.17) is 9.15 Å². The Morgan fingerprint density at radius 3 is 2.65 bits per heavy atom. The van der Waals surface area contributed by atoms with Crippen molar-refractivity contribution in [2.45, 2.75) is 13.8 Å². The van der Waals surface area contributed by atoms with Gasteiger partial charge in [0.15, 0.2) is 6.61 Å². The van der Waals surface area contributed by atoms with Gasteiger partial charge in [0.05, 0.1) is 11.8 Å². The van der Waals surface area contributed by atoms with Crippen LogP contribution in [-0.4, -0.2) is 18.5 Å². The number of nitrogens with one attached hydrogen (secondary N) is 1. The Morgan fingerprint density at radius 2 is 2.00 bits per heavy atom. The van der Waals surface area contributed by atoms with Crippen LogP contribution in [0.15, 0.2) is 41.2 Å². The second-order valence-electron chi connectivity index (χ2n) is 4.44. The Hall–Kier alpha value is -2.56. The number of furan rings is 1. The minimum Gasteiger partial charge on any atom is -0.472 e. The van der Waals surface area contributed by atoms with Crippen LogP contribution in [0.25, 0.3) is 0 Å². The predicted octanol–water partition coefficient (Wildman–Crippen LogP) is 2.69. The molecule has 20 heavy (non-hydrogen) atoms. The largest absolute Gasteiger partial charge is 0.472 e. The fourth-order valence-corrected chi connectivity index (χ4v) is 1.61. The third-order valence-corrected chi connectivity index (χ3v) is 2.88. The summed E-state index contributed by atoms with van der Waals surface area (Å²) in [5.41, 5.74) is 3.19. The zero-order valence-corrected chi connectivity index (χ0v) is 11.3. The van der Waals surface area contributed by atoms with Crippen molar-refractivity contribution in [3.63, 3.8) is 0 Å². The first kappa shape index (κ1) is 13.9. The molecule has 0 atom stereocenters. The van der Waals surface area contributed by atoms with Crippen LogP contribution in [0, 0.1) is 13.8 Å². The minimum absolute atomic E-state index is 0.281. The minimum atomic E-state index is -0.589. The number of esters is 1. The van der Waals surface area contributed by atoms with Gasteiger partial charge in [-0.15, -0.1) is 0 Å². The Bertz CT molecular complexity index is 617. The lowest BCUT2D eigenvalue weighted by atomic mass is 10.1. The average molecular weight is 273 g/mol. The van der Waals surface area contributed by atoms with Gasteiger partial charge in [-0.05, 0) is 43.2 Å². The van der Waals surface area contributed by atoms with Gasteiger partial charge in [-0.1, -0.05) is 6.07 Å². The Balaban J connectivity index is 1.86. The van der Waals surface area contributed by atoms with Gasteiger partial charge in [0, 0.05) is 5.69 Å². The SMILES string of the molecule is Cc1ccc(NC(=O)COC(=O)c2ccoc2)cc1C. The normalized spacial score (nSPS) is 10.1. The molecule has 0 radical (unpaired) electrons. The number of benzene rings is 1. The maximum absolute atomic E-state index is 11.7. The number of amides is 1. The van der Waals surface area contributed by atoms with Crippen molar-refractivity contribution in [1.29, 1.82) is 0 Å². The molecule has 1 aromatic heterocycles. The van der Waals surface area contributed by atoms with Gasteiger partial charge in [-0.25, -0.2) is 4.79 Å². The molecule has 0 unspecified atom stereocenters. The van der Waals surface area contributed by atoms with Crippen molar-refractivity contribution < 1.29 is 18.7 Å². The first-order valence-corrected chi connectivity index (χ1v) is 6.12. The summed E-state index contributed by atoms with van der Waals surface area (Å²) in [5, 5.41) is 2.67. The molecule has 2 aromatic rings. The first-order chi connectivity index (χ1) is 9.56. The molecule has 5 nitrogen and oxygen atoms in total. The second-order valence-corrected chi connectivity index (χ2v) is 4.44. The molecule has 5 heteroatoms. The Labute approximate surface area is 116 Å². The number of hydrogen-bond donors (Lipinski definition) is 1. The number of anilines is 1. The smallest absolute Gasteiger partial charge is 0.341 e.